The van der Waals surface area contributed by atoms with Crippen molar-refractivity contribution in [2.24, 2.45) is 0 Å². The van der Waals surface area contributed by atoms with E-state index >= 15 is 0 Å². The van der Waals surface area contributed by atoms with Gasteiger partial charge in [0.1, 0.15) is 0 Å². The third-order valence-electron chi connectivity index (χ3n) is 3.89. The largest absolute Gasteiger partial charge is 0.392 e. The lowest BCUT2D eigenvalue weighted by Crippen LogP contribution is -2.35. The standard InChI is InChI=1S/C14H21NO3S/c1-3-13-5-4-8-15(13)19(17,18)14-7-6-11(2)12(9-14)10-16/h6-7,9,13,16H,3-5,8,10H2,1-2H3. The molecule has 0 bridgehead atoms. The zero-order valence-corrected chi connectivity index (χ0v) is 12.3. The number of aliphatic hydroxyl groups is 1. The van der Waals surface area contributed by atoms with Crippen LogP contribution in [0, 0.1) is 6.92 Å². The maximum absolute atomic E-state index is 12.6. The molecule has 1 fully saturated rings. The van der Waals surface area contributed by atoms with Gasteiger partial charge in [-0.3, -0.25) is 0 Å². The molecular weight excluding hydrogens is 262 g/mol. The molecule has 1 aliphatic rings. The third kappa shape index (κ3) is 2.68. The molecule has 5 heteroatoms. The summed E-state index contributed by atoms with van der Waals surface area (Å²) in [5.74, 6) is 0. The van der Waals surface area contributed by atoms with Gasteiger partial charge in [-0.05, 0) is 49.4 Å². The Morgan fingerprint density at radius 2 is 2.16 bits per heavy atom. The van der Waals surface area contributed by atoms with Crippen LogP contribution in [0.3, 0.4) is 0 Å². The Labute approximate surface area is 115 Å². The zero-order chi connectivity index (χ0) is 14.0. The van der Waals surface area contributed by atoms with E-state index < -0.39 is 10.0 Å². The number of aryl methyl sites for hydroxylation is 1. The molecule has 2 rings (SSSR count). The normalized spacial score (nSPS) is 20.9. The molecular formula is C14H21NO3S. The molecule has 19 heavy (non-hydrogen) atoms. The van der Waals surface area contributed by atoms with Gasteiger partial charge in [0.15, 0.2) is 0 Å². The van der Waals surface area contributed by atoms with E-state index in [1.807, 2.05) is 13.8 Å². The molecule has 0 aliphatic carbocycles. The van der Waals surface area contributed by atoms with E-state index in [1.165, 1.54) is 0 Å². The monoisotopic (exact) mass is 283 g/mol. The summed E-state index contributed by atoms with van der Waals surface area (Å²) in [6.07, 6.45) is 2.71. The second kappa shape index (κ2) is 5.61. The molecule has 0 aromatic heterocycles. The molecule has 1 aromatic rings. The second-order valence-corrected chi connectivity index (χ2v) is 6.96. The molecule has 0 radical (unpaired) electrons. The number of rotatable bonds is 4. The van der Waals surface area contributed by atoms with Crippen molar-refractivity contribution in [3.8, 4) is 0 Å². The van der Waals surface area contributed by atoms with Crippen molar-refractivity contribution < 1.29 is 13.5 Å². The van der Waals surface area contributed by atoms with Gasteiger partial charge in [0.05, 0.1) is 11.5 Å². The smallest absolute Gasteiger partial charge is 0.243 e. The summed E-state index contributed by atoms with van der Waals surface area (Å²) in [4.78, 5) is 0.294. The van der Waals surface area contributed by atoms with Crippen molar-refractivity contribution in [1.29, 1.82) is 0 Å². The van der Waals surface area contributed by atoms with Crippen LogP contribution < -0.4 is 0 Å². The summed E-state index contributed by atoms with van der Waals surface area (Å²) in [5.41, 5.74) is 1.59. The Kier molecular flexibility index (Phi) is 4.28. The molecule has 1 unspecified atom stereocenters. The van der Waals surface area contributed by atoms with Crippen molar-refractivity contribution in [2.75, 3.05) is 6.54 Å². The molecule has 1 atom stereocenters. The van der Waals surface area contributed by atoms with Crippen molar-refractivity contribution >= 4 is 10.0 Å². The van der Waals surface area contributed by atoms with Gasteiger partial charge in [-0.1, -0.05) is 13.0 Å². The highest BCUT2D eigenvalue weighted by Gasteiger charge is 2.34. The lowest BCUT2D eigenvalue weighted by Gasteiger charge is -2.23. The van der Waals surface area contributed by atoms with Gasteiger partial charge in [0.2, 0.25) is 10.0 Å². The van der Waals surface area contributed by atoms with Crippen molar-refractivity contribution in [2.45, 2.75) is 50.7 Å². The Morgan fingerprint density at radius 3 is 2.79 bits per heavy atom. The SMILES string of the molecule is CCC1CCCN1S(=O)(=O)c1ccc(C)c(CO)c1. The minimum atomic E-state index is -3.43. The number of sulfonamides is 1. The highest BCUT2D eigenvalue weighted by molar-refractivity contribution is 7.89. The number of hydrogen-bond donors (Lipinski definition) is 1. The number of aliphatic hydroxyl groups excluding tert-OH is 1. The first-order chi connectivity index (χ1) is 9.00. The maximum Gasteiger partial charge on any atom is 0.243 e. The van der Waals surface area contributed by atoms with Crippen LogP contribution in [0.1, 0.15) is 37.3 Å². The molecule has 1 aromatic carbocycles. The topological polar surface area (TPSA) is 57.6 Å². The Hall–Kier alpha value is -0.910. The quantitative estimate of drug-likeness (QED) is 0.920. The molecule has 0 spiro atoms. The Bertz CT molecular complexity index is 554. The van der Waals surface area contributed by atoms with Gasteiger partial charge in [0.25, 0.3) is 0 Å². The Balaban J connectivity index is 2.39. The van der Waals surface area contributed by atoms with Gasteiger partial charge in [0, 0.05) is 12.6 Å². The average molecular weight is 283 g/mol. The summed E-state index contributed by atoms with van der Waals surface area (Å²) in [6.45, 7) is 4.36. The van der Waals surface area contributed by atoms with E-state index in [9.17, 15) is 13.5 Å². The van der Waals surface area contributed by atoms with Crippen LogP contribution in [-0.2, 0) is 16.6 Å². The molecule has 4 nitrogen and oxygen atoms in total. The van der Waals surface area contributed by atoms with Gasteiger partial charge in [-0.2, -0.15) is 4.31 Å². The minimum absolute atomic E-state index is 0.115. The fourth-order valence-corrected chi connectivity index (χ4v) is 4.47. The minimum Gasteiger partial charge on any atom is -0.392 e. The number of hydrogen-bond acceptors (Lipinski definition) is 3. The first-order valence-electron chi connectivity index (χ1n) is 6.73. The molecule has 1 aliphatic heterocycles. The van der Waals surface area contributed by atoms with Crippen LogP contribution in [0.4, 0.5) is 0 Å². The fraction of sp³-hybridized carbons (Fsp3) is 0.571. The first kappa shape index (κ1) is 14.5. The van der Waals surface area contributed by atoms with Crippen LogP contribution in [0.25, 0.3) is 0 Å². The molecule has 1 N–H and O–H groups in total. The van der Waals surface area contributed by atoms with Crippen LogP contribution in [-0.4, -0.2) is 30.4 Å². The first-order valence-corrected chi connectivity index (χ1v) is 8.17. The molecule has 1 saturated heterocycles. The van der Waals surface area contributed by atoms with E-state index in [2.05, 4.69) is 0 Å². The zero-order valence-electron chi connectivity index (χ0n) is 11.5. The van der Waals surface area contributed by atoms with E-state index in [-0.39, 0.29) is 12.6 Å². The molecule has 106 valence electrons. The van der Waals surface area contributed by atoms with Crippen molar-refractivity contribution in [3.05, 3.63) is 29.3 Å². The van der Waals surface area contributed by atoms with E-state index in [4.69, 9.17) is 0 Å². The van der Waals surface area contributed by atoms with E-state index in [1.54, 1.807) is 22.5 Å². The van der Waals surface area contributed by atoms with Crippen LogP contribution in [0.15, 0.2) is 23.1 Å². The molecule has 1 heterocycles. The summed E-state index contributed by atoms with van der Waals surface area (Å²) < 4.78 is 26.9. The second-order valence-electron chi connectivity index (χ2n) is 5.07. The predicted octanol–water partition coefficient (Wildman–Crippen LogP) is 2.05. The van der Waals surface area contributed by atoms with Crippen LogP contribution in [0.2, 0.25) is 0 Å². The fourth-order valence-electron chi connectivity index (χ4n) is 2.65. The van der Waals surface area contributed by atoms with Crippen LogP contribution in [0.5, 0.6) is 0 Å². The summed E-state index contributed by atoms with van der Waals surface area (Å²) in [7, 11) is -3.43. The van der Waals surface area contributed by atoms with Gasteiger partial charge in [-0.15, -0.1) is 0 Å². The van der Waals surface area contributed by atoms with Gasteiger partial charge < -0.3 is 5.11 Å². The summed E-state index contributed by atoms with van der Waals surface area (Å²) >= 11 is 0. The summed E-state index contributed by atoms with van der Waals surface area (Å²) in [5, 5.41) is 9.26. The van der Waals surface area contributed by atoms with E-state index in [0.29, 0.717) is 17.0 Å². The van der Waals surface area contributed by atoms with Crippen LogP contribution >= 0.6 is 0 Å². The number of nitrogens with zero attached hydrogens (tertiary/aromatic N) is 1. The Morgan fingerprint density at radius 1 is 1.42 bits per heavy atom. The lowest BCUT2D eigenvalue weighted by molar-refractivity contribution is 0.280. The maximum atomic E-state index is 12.6. The van der Waals surface area contributed by atoms with Crippen molar-refractivity contribution in [3.63, 3.8) is 0 Å². The average Bonchev–Trinajstić information content (AvgIpc) is 2.88. The predicted molar refractivity (Wildman–Crippen MR) is 74.3 cm³/mol. The highest BCUT2D eigenvalue weighted by Crippen LogP contribution is 2.28. The van der Waals surface area contributed by atoms with Gasteiger partial charge in [-0.25, -0.2) is 8.42 Å². The highest BCUT2D eigenvalue weighted by atomic mass is 32.2. The number of benzene rings is 1. The third-order valence-corrected chi connectivity index (χ3v) is 5.84. The van der Waals surface area contributed by atoms with E-state index in [0.717, 1.165) is 24.8 Å². The van der Waals surface area contributed by atoms with Crippen molar-refractivity contribution in [1.82, 2.24) is 4.31 Å². The molecule has 0 saturated carbocycles. The summed E-state index contributed by atoms with van der Waals surface area (Å²) in [6, 6.07) is 5.10. The lowest BCUT2D eigenvalue weighted by atomic mass is 10.1. The van der Waals surface area contributed by atoms with Gasteiger partial charge >= 0.3 is 0 Å². The molecule has 0 amide bonds.